The third-order valence-corrected chi connectivity index (χ3v) is 9.67. The Labute approximate surface area is 296 Å². The second kappa shape index (κ2) is 37.5. The Balaban J connectivity index is 4.04. The zero-order chi connectivity index (χ0) is 35.2. The number of esters is 1. The number of rotatable bonds is 39. The van der Waals surface area contributed by atoms with Crippen LogP contribution in [0.25, 0.3) is 0 Å². The highest BCUT2D eigenvalue weighted by atomic mass is 31.2. The van der Waals surface area contributed by atoms with Crippen LogP contribution >= 0.6 is 7.82 Å². The molecule has 286 valence electrons. The summed E-state index contributed by atoms with van der Waals surface area (Å²) in [7, 11) is -4.27. The van der Waals surface area contributed by atoms with Gasteiger partial charge in [0.2, 0.25) is 0 Å². The van der Waals surface area contributed by atoms with E-state index in [0.717, 1.165) is 32.1 Å². The minimum Gasteiger partial charge on any atom is -0.457 e. The minimum atomic E-state index is -4.27. The second-order valence-electron chi connectivity index (χ2n) is 13.5. The molecular formula is C39H78NO7P. The van der Waals surface area contributed by atoms with E-state index in [2.05, 4.69) is 26.0 Å². The van der Waals surface area contributed by atoms with Crippen molar-refractivity contribution in [3.8, 4) is 0 Å². The van der Waals surface area contributed by atoms with Gasteiger partial charge in [-0.15, -0.1) is 0 Å². The smallest absolute Gasteiger partial charge is 0.457 e. The van der Waals surface area contributed by atoms with Gasteiger partial charge < -0.3 is 20.1 Å². The maximum Gasteiger partial charge on any atom is 0.472 e. The van der Waals surface area contributed by atoms with Gasteiger partial charge in [-0.3, -0.25) is 13.8 Å². The number of ether oxygens (including phenoxy) is 2. The molecular weight excluding hydrogens is 625 g/mol. The molecule has 2 atom stereocenters. The maximum atomic E-state index is 12.5. The number of allylic oxidation sites excluding steroid dienone is 2. The van der Waals surface area contributed by atoms with E-state index in [1.807, 2.05) is 0 Å². The van der Waals surface area contributed by atoms with E-state index in [4.69, 9.17) is 24.3 Å². The third-order valence-electron chi connectivity index (χ3n) is 8.68. The van der Waals surface area contributed by atoms with Gasteiger partial charge in [0.1, 0.15) is 6.10 Å². The van der Waals surface area contributed by atoms with Crippen molar-refractivity contribution in [2.75, 3.05) is 33.0 Å². The molecule has 0 aliphatic heterocycles. The number of unbranched alkanes of at least 4 members (excludes halogenated alkanes) is 24. The summed E-state index contributed by atoms with van der Waals surface area (Å²) in [5.74, 6) is -0.330. The van der Waals surface area contributed by atoms with Gasteiger partial charge in [0.25, 0.3) is 0 Å². The van der Waals surface area contributed by atoms with Gasteiger partial charge in [-0.25, -0.2) is 4.57 Å². The fourth-order valence-corrected chi connectivity index (χ4v) is 6.46. The predicted octanol–water partition coefficient (Wildman–Crippen LogP) is 11.5. The van der Waals surface area contributed by atoms with E-state index in [1.165, 1.54) is 141 Å². The molecule has 0 aromatic heterocycles. The summed E-state index contributed by atoms with van der Waals surface area (Å²) in [4.78, 5) is 22.4. The van der Waals surface area contributed by atoms with Crippen LogP contribution in [0.4, 0.5) is 0 Å². The number of phosphoric ester groups is 1. The molecule has 0 saturated carbocycles. The lowest BCUT2D eigenvalue weighted by atomic mass is 10.0. The SMILES string of the molecule is CCCCCC/C=C\CCCCCCCCOCC(COP(=O)(O)OCCN)OC(=O)CCCCCCCCCCCCCCCCC. The van der Waals surface area contributed by atoms with Crippen molar-refractivity contribution in [1.29, 1.82) is 0 Å². The summed E-state index contributed by atoms with van der Waals surface area (Å²) in [5.41, 5.74) is 5.36. The molecule has 0 rings (SSSR count). The first-order valence-electron chi connectivity index (χ1n) is 20.2. The third kappa shape index (κ3) is 36.5. The first kappa shape index (κ1) is 47.2. The minimum absolute atomic E-state index is 0.0935. The van der Waals surface area contributed by atoms with Gasteiger partial charge in [-0.05, 0) is 38.5 Å². The number of hydrogen-bond donors (Lipinski definition) is 2. The van der Waals surface area contributed by atoms with Crippen molar-refractivity contribution in [2.24, 2.45) is 5.73 Å². The van der Waals surface area contributed by atoms with Crippen molar-refractivity contribution in [1.82, 2.24) is 0 Å². The molecule has 8 nitrogen and oxygen atoms in total. The van der Waals surface area contributed by atoms with Gasteiger partial charge in [-0.1, -0.05) is 161 Å². The lowest BCUT2D eigenvalue weighted by molar-refractivity contribution is -0.154. The standard InChI is InChI=1S/C39H78NO7P/c1-3-5-7-9-11-13-15-17-19-20-22-24-26-28-30-32-39(41)47-38(37-46-48(42,43)45-35-33-40)36-44-34-31-29-27-25-23-21-18-16-14-12-10-8-6-4-2/h14,16,38H,3-13,15,17-37,40H2,1-2H3,(H,42,43)/b16-14-. The van der Waals surface area contributed by atoms with Crippen LogP contribution in [0.2, 0.25) is 0 Å². The zero-order valence-electron chi connectivity index (χ0n) is 31.5. The van der Waals surface area contributed by atoms with Crippen LogP contribution in [0.3, 0.4) is 0 Å². The molecule has 9 heteroatoms. The Kier molecular flexibility index (Phi) is 36.9. The number of nitrogens with two attached hydrogens (primary N) is 1. The Morgan fingerprint density at radius 3 is 1.54 bits per heavy atom. The Bertz CT molecular complexity index is 752. The molecule has 3 N–H and O–H groups in total. The average Bonchev–Trinajstić information content (AvgIpc) is 3.07. The van der Waals surface area contributed by atoms with Crippen LogP contribution in [0.15, 0.2) is 12.2 Å². The topological polar surface area (TPSA) is 117 Å². The Morgan fingerprint density at radius 1 is 0.604 bits per heavy atom. The number of carbonyl (C=O) groups excluding carboxylic acids is 1. The molecule has 0 amide bonds. The summed E-state index contributed by atoms with van der Waals surface area (Å²) in [6.45, 7) is 4.92. The quantitative estimate of drug-likeness (QED) is 0.0281. The van der Waals surface area contributed by atoms with Gasteiger partial charge in [0.15, 0.2) is 0 Å². The highest BCUT2D eigenvalue weighted by Crippen LogP contribution is 2.43. The van der Waals surface area contributed by atoms with Crippen LogP contribution in [-0.2, 0) is 27.9 Å². The molecule has 0 aromatic rings. The molecule has 0 aliphatic carbocycles. The number of phosphoric acid groups is 1. The van der Waals surface area contributed by atoms with Crippen molar-refractivity contribution in [2.45, 2.75) is 200 Å². The van der Waals surface area contributed by atoms with Crippen LogP contribution in [-0.4, -0.2) is 49.9 Å². The van der Waals surface area contributed by atoms with Crippen molar-refractivity contribution >= 4 is 13.8 Å². The highest BCUT2D eigenvalue weighted by molar-refractivity contribution is 7.47. The summed E-state index contributed by atoms with van der Waals surface area (Å²) in [6.07, 6.45) is 37.9. The summed E-state index contributed by atoms with van der Waals surface area (Å²) in [5, 5.41) is 0. The Morgan fingerprint density at radius 2 is 1.04 bits per heavy atom. The normalized spacial score (nSPS) is 13.7. The lowest BCUT2D eigenvalue weighted by Crippen LogP contribution is -2.28. The van der Waals surface area contributed by atoms with E-state index in [9.17, 15) is 14.3 Å². The molecule has 0 bridgehead atoms. The molecule has 0 saturated heterocycles. The van der Waals surface area contributed by atoms with Gasteiger partial charge in [0.05, 0.1) is 19.8 Å². The van der Waals surface area contributed by atoms with Crippen LogP contribution < -0.4 is 5.73 Å². The van der Waals surface area contributed by atoms with Gasteiger partial charge in [0, 0.05) is 19.6 Å². The maximum absolute atomic E-state index is 12.5. The largest absolute Gasteiger partial charge is 0.472 e. The fourth-order valence-electron chi connectivity index (χ4n) is 5.70. The lowest BCUT2D eigenvalue weighted by Gasteiger charge is -2.20. The zero-order valence-corrected chi connectivity index (χ0v) is 32.4. The fraction of sp³-hybridized carbons (Fsp3) is 0.923. The van der Waals surface area contributed by atoms with Crippen LogP contribution in [0.1, 0.15) is 194 Å². The highest BCUT2D eigenvalue weighted by Gasteiger charge is 2.25. The van der Waals surface area contributed by atoms with Crippen LogP contribution in [0, 0.1) is 0 Å². The summed E-state index contributed by atoms with van der Waals surface area (Å²) >= 11 is 0. The Hall–Kier alpha value is -0.760. The van der Waals surface area contributed by atoms with E-state index < -0.39 is 13.9 Å². The molecule has 0 fully saturated rings. The van der Waals surface area contributed by atoms with Gasteiger partial charge in [-0.2, -0.15) is 0 Å². The van der Waals surface area contributed by atoms with Crippen molar-refractivity contribution in [3.63, 3.8) is 0 Å². The molecule has 48 heavy (non-hydrogen) atoms. The van der Waals surface area contributed by atoms with Gasteiger partial charge >= 0.3 is 13.8 Å². The molecule has 0 aromatic carbocycles. The van der Waals surface area contributed by atoms with Crippen LogP contribution in [0.5, 0.6) is 0 Å². The van der Waals surface area contributed by atoms with E-state index in [0.29, 0.717) is 13.0 Å². The summed E-state index contributed by atoms with van der Waals surface area (Å²) < 4.78 is 33.3. The predicted molar refractivity (Wildman–Crippen MR) is 201 cm³/mol. The summed E-state index contributed by atoms with van der Waals surface area (Å²) in [6, 6.07) is 0. The molecule has 0 aliphatic rings. The van der Waals surface area contributed by atoms with Crippen molar-refractivity contribution < 1.29 is 32.8 Å². The monoisotopic (exact) mass is 704 g/mol. The molecule has 0 radical (unpaired) electrons. The first-order chi connectivity index (χ1) is 23.4. The van der Waals surface area contributed by atoms with Crippen molar-refractivity contribution in [3.05, 3.63) is 12.2 Å². The molecule has 0 heterocycles. The average molecular weight is 704 g/mol. The number of carbonyl (C=O) groups is 1. The second-order valence-corrected chi connectivity index (χ2v) is 15.0. The van der Waals surface area contributed by atoms with E-state index >= 15 is 0 Å². The molecule has 0 spiro atoms. The first-order valence-corrected chi connectivity index (χ1v) is 21.7. The number of hydrogen-bond acceptors (Lipinski definition) is 7. The molecule has 2 unspecified atom stereocenters. The van der Waals surface area contributed by atoms with E-state index in [1.54, 1.807) is 0 Å². The van der Waals surface area contributed by atoms with E-state index in [-0.39, 0.29) is 32.3 Å².